The van der Waals surface area contributed by atoms with Gasteiger partial charge in [-0.1, -0.05) is 65.7 Å². The lowest BCUT2D eigenvalue weighted by atomic mass is 9.93. The third-order valence-corrected chi connectivity index (χ3v) is 7.95. The lowest BCUT2D eigenvalue weighted by molar-refractivity contribution is 0.269. The van der Waals surface area contributed by atoms with Gasteiger partial charge in [-0.3, -0.25) is 8.37 Å². The molecule has 3 aromatic rings. The van der Waals surface area contributed by atoms with Crippen LogP contribution in [0.25, 0.3) is 0 Å². The van der Waals surface area contributed by atoms with Crippen molar-refractivity contribution in [2.45, 2.75) is 42.4 Å². The van der Waals surface area contributed by atoms with Crippen molar-refractivity contribution < 1.29 is 25.2 Å². The molecule has 0 heterocycles. The fourth-order valence-electron chi connectivity index (χ4n) is 3.35. The van der Waals surface area contributed by atoms with E-state index in [9.17, 15) is 16.8 Å². The van der Waals surface area contributed by atoms with Crippen molar-refractivity contribution in [2.24, 2.45) is 0 Å². The van der Waals surface area contributed by atoms with Gasteiger partial charge in [-0.2, -0.15) is 16.8 Å². The van der Waals surface area contributed by atoms with Crippen LogP contribution in [0.4, 0.5) is 0 Å². The van der Waals surface area contributed by atoms with Crippen LogP contribution in [-0.4, -0.2) is 30.0 Å². The first-order chi connectivity index (χ1) is 15.7. The summed E-state index contributed by atoms with van der Waals surface area (Å²) in [6.07, 6.45) is 0.784. The summed E-state index contributed by atoms with van der Waals surface area (Å²) in [4.78, 5) is 0.216. The van der Waals surface area contributed by atoms with Crippen LogP contribution in [0.5, 0.6) is 0 Å². The number of rotatable bonds is 11. The Morgan fingerprint density at radius 1 is 0.606 bits per heavy atom. The summed E-state index contributed by atoms with van der Waals surface area (Å²) in [5.74, 6) is -0.132. The molecule has 0 spiro atoms. The molecule has 0 saturated carbocycles. The monoisotopic (exact) mass is 488 g/mol. The van der Waals surface area contributed by atoms with Crippen molar-refractivity contribution in [3.05, 3.63) is 95.6 Å². The van der Waals surface area contributed by atoms with Crippen molar-refractivity contribution >= 4 is 20.2 Å². The molecule has 0 fully saturated rings. The molecule has 0 aliphatic heterocycles. The lowest BCUT2D eigenvalue weighted by Crippen LogP contribution is -2.13. The Hall–Kier alpha value is -2.52. The molecular formula is C25H28O6S2. The Morgan fingerprint density at radius 3 is 1.39 bits per heavy atom. The zero-order chi connectivity index (χ0) is 23.9. The number of benzene rings is 3. The van der Waals surface area contributed by atoms with Crippen LogP contribution in [0.3, 0.4) is 0 Å². The largest absolute Gasteiger partial charge is 0.296 e. The van der Waals surface area contributed by atoms with E-state index >= 15 is 0 Å². The fraction of sp³-hybridized carbons (Fsp3) is 0.280. The summed E-state index contributed by atoms with van der Waals surface area (Å²) in [6, 6.07) is 22.4. The van der Waals surface area contributed by atoms with Gasteiger partial charge in [0.05, 0.1) is 23.0 Å². The Bertz CT molecular complexity index is 1150. The second-order valence-corrected chi connectivity index (χ2v) is 11.1. The number of hydrogen-bond donors (Lipinski definition) is 0. The van der Waals surface area contributed by atoms with Crippen molar-refractivity contribution in [1.29, 1.82) is 0 Å². The SMILES string of the molecule is Cc1ccc(S(=O)(=O)OCCC(CCOS(=O)(=O)c2ccc(C)cc2)c2ccccc2)cc1. The van der Waals surface area contributed by atoms with Gasteiger partial charge in [0.1, 0.15) is 0 Å². The van der Waals surface area contributed by atoms with E-state index < -0.39 is 20.2 Å². The average Bonchev–Trinajstić information content (AvgIpc) is 2.79. The van der Waals surface area contributed by atoms with E-state index in [1.165, 1.54) is 24.3 Å². The summed E-state index contributed by atoms with van der Waals surface area (Å²) < 4.78 is 60.3. The molecule has 0 radical (unpaired) electrons. The van der Waals surface area contributed by atoms with Gasteiger partial charge in [-0.15, -0.1) is 0 Å². The highest BCUT2D eigenvalue weighted by atomic mass is 32.2. The lowest BCUT2D eigenvalue weighted by Gasteiger charge is -2.17. The van der Waals surface area contributed by atoms with E-state index in [4.69, 9.17) is 8.37 Å². The molecule has 8 heteroatoms. The third-order valence-electron chi connectivity index (χ3n) is 5.30. The molecule has 176 valence electrons. The van der Waals surface area contributed by atoms with Gasteiger partial charge in [0, 0.05) is 0 Å². The molecule has 0 aromatic heterocycles. The smallest absolute Gasteiger partial charge is 0.266 e. The topological polar surface area (TPSA) is 86.7 Å². The quantitative estimate of drug-likeness (QED) is 0.354. The molecule has 0 aliphatic carbocycles. The first-order valence-corrected chi connectivity index (χ1v) is 13.5. The fourth-order valence-corrected chi connectivity index (χ4v) is 5.19. The van der Waals surface area contributed by atoms with Gasteiger partial charge >= 0.3 is 0 Å². The van der Waals surface area contributed by atoms with Gasteiger partial charge in [-0.25, -0.2) is 0 Å². The van der Waals surface area contributed by atoms with Gasteiger partial charge in [0.15, 0.2) is 0 Å². The standard InChI is InChI=1S/C25H28O6S2/c1-20-8-12-24(13-9-20)32(26,27)30-18-16-23(22-6-4-3-5-7-22)17-19-31-33(28,29)25-14-10-21(2)11-15-25/h3-15,23H,16-19H2,1-2H3. The molecule has 0 bridgehead atoms. The van der Waals surface area contributed by atoms with Crippen molar-refractivity contribution in [2.75, 3.05) is 13.2 Å². The van der Waals surface area contributed by atoms with Crippen molar-refractivity contribution in [3.63, 3.8) is 0 Å². The van der Waals surface area contributed by atoms with E-state index in [1.807, 2.05) is 44.2 Å². The maximum absolute atomic E-state index is 12.5. The highest BCUT2D eigenvalue weighted by Gasteiger charge is 2.20. The molecule has 0 N–H and O–H groups in total. The molecular weight excluding hydrogens is 460 g/mol. The van der Waals surface area contributed by atoms with Gasteiger partial charge < -0.3 is 0 Å². The number of aryl methyl sites for hydroxylation is 2. The summed E-state index contributed by atoms with van der Waals surface area (Å²) in [7, 11) is -7.73. The van der Waals surface area contributed by atoms with Crippen LogP contribution < -0.4 is 0 Å². The second kappa shape index (κ2) is 11.1. The molecule has 0 saturated heterocycles. The molecule has 0 aliphatic rings. The van der Waals surface area contributed by atoms with E-state index in [2.05, 4.69) is 0 Å². The van der Waals surface area contributed by atoms with Crippen LogP contribution in [-0.2, 0) is 28.6 Å². The van der Waals surface area contributed by atoms with Gasteiger partial charge in [-0.05, 0) is 62.4 Å². The molecule has 3 aromatic carbocycles. The van der Waals surface area contributed by atoms with E-state index in [0.717, 1.165) is 16.7 Å². The predicted octanol–water partition coefficient (Wildman–Crippen LogP) is 4.98. The van der Waals surface area contributed by atoms with Crippen LogP contribution in [0, 0.1) is 13.8 Å². The van der Waals surface area contributed by atoms with Gasteiger partial charge in [0.2, 0.25) is 0 Å². The molecule has 0 amide bonds. The molecule has 6 nitrogen and oxygen atoms in total. The maximum atomic E-state index is 12.5. The summed E-state index contributed by atoms with van der Waals surface area (Å²) in [5.41, 5.74) is 2.88. The van der Waals surface area contributed by atoms with Crippen molar-refractivity contribution in [1.82, 2.24) is 0 Å². The minimum atomic E-state index is -3.87. The van der Waals surface area contributed by atoms with Crippen LogP contribution in [0.2, 0.25) is 0 Å². The summed E-state index contributed by atoms with van der Waals surface area (Å²) in [6.45, 7) is 3.70. The van der Waals surface area contributed by atoms with E-state index in [1.54, 1.807) is 24.3 Å². The normalized spacial score (nSPS) is 12.2. The Labute approximate surface area is 196 Å². The third kappa shape index (κ3) is 7.23. The van der Waals surface area contributed by atoms with E-state index in [-0.39, 0.29) is 28.9 Å². The highest BCUT2D eigenvalue weighted by molar-refractivity contribution is 7.87. The average molecular weight is 489 g/mol. The Morgan fingerprint density at radius 2 is 1.00 bits per heavy atom. The maximum Gasteiger partial charge on any atom is 0.296 e. The molecule has 0 unspecified atom stereocenters. The Balaban J connectivity index is 1.62. The van der Waals surface area contributed by atoms with Crippen LogP contribution in [0.1, 0.15) is 35.4 Å². The molecule has 33 heavy (non-hydrogen) atoms. The molecule has 3 rings (SSSR count). The van der Waals surface area contributed by atoms with Crippen LogP contribution in [0.15, 0.2) is 88.7 Å². The van der Waals surface area contributed by atoms with Gasteiger partial charge in [0.25, 0.3) is 20.2 Å². The second-order valence-electron chi connectivity index (χ2n) is 7.86. The highest BCUT2D eigenvalue weighted by Crippen LogP contribution is 2.25. The van der Waals surface area contributed by atoms with Crippen LogP contribution >= 0.6 is 0 Å². The van der Waals surface area contributed by atoms with Crippen molar-refractivity contribution in [3.8, 4) is 0 Å². The minimum absolute atomic E-state index is 0.0273. The zero-order valence-corrected chi connectivity index (χ0v) is 20.3. The Kier molecular flexibility index (Phi) is 8.42. The summed E-state index contributed by atoms with van der Waals surface area (Å²) >= 11 is 0. The predicted molar refractivity (Wildman–Crippen MR) is 127 cm³/mol. The summed E-state index contributed by atoms with van der Waals surface area (Å²) in [5, 5.41) is 0. The first kappa shape index (κ1) is 25.1. The number of hydrogen-bond acceptors (Lipinski definition) is 6. The van der Waals surface area contributed by atoms with E-state index in [0.29, 0.717) is 12.8 Å². The zero-order valence-electron chi connectivity index (χ0n) is 18.7. The molecule has 0 atom stereocenters. The first-order valence-electron chi connectivity index (χ1n) is 10.6. The minimum Gasteiger partial charge on any atom is -0.266 e.